The van der Waals surface area contributed by atoms with Crippen LogP contribution < -0.4 is 0 Å². The zero-order valence-corrected chi connectivity index (χ0v) is 11.1. The number of aromatic nitrogens is 2. The quantitative estimate of drug-likeness (QED) is 0.631. The predicted octanol–water partition coefficient (Wildman–Crippen LogP) is 3.93. The molecule has 1 aromatic heterocycles. The summed E-state index contributed by atoms with van der Waals surface area (Å²) in [5, 5.41) is 4.87. The molecule has 0 unspecified atom stereocenters. The number of carbonyl (C=O) groups excluding carboxylic acids is 1. The van der Waals surface area contributed by atoms with E-state index < -0.39 is 0 Å². The lowest BCUT2D eigenvalue weighted by Crippen LogP contribution is -2.10. The molecule has 0 aliphatic heterocycles. The number of benzene rings is 1. The lowest BCUT2D eigenvalue weighted by Gasteiger charge is -2.08. The monoisotopic (exact) mass is 280 g/mol. The van der Waals surface area contributed by atoms with Crippen molar-refractivity contribution in [2.24, 2.45) is 0 Å². The average Bonchev–Trinajstić information content (AvgIpc) is 2.83. The predicted molar refractivity (Wildman–Crippen MR) is 73.0 cm³/mol. The van der Waals surface area contributed by atoms with Crippen LogP contribution in [0, 0.1) is 0 Å². The third-order valence-corrected chi connectivity index (χ3v) is 2.98. The summed E-state index contributed by atoms with van der Waals surface area (Å²) in [7, 11) is 0. The Morgan fingerprint density at radius 1 is 1.39 bits per heavy atom. The Morgan fingerprint density at radius 2 is 2.17 bits per heavy atom. The maximum absolute atomic E-state index is 12.3. The van der Waals surface area contributed by atoms with Crippen LogP contribution in [-0.2, 0) is 0 Å². The van der Waals surface area contributed by atoms with Crippen LogP contribution in [0.4, 0.5) is 0 Å². The Bertz CT molecular complexity index is 603. The molecule has 0 spiro atoms. The first kappa shape index (κ1) is 12.9. The molecule has 5 heteroatoms. The molecule has 0 bridgehead atoms. The van der Waals surface area contributed by atoms with Crippen molar-refractivity contribution in [2.45, 2.75) is 6.92 Å². The van der Waals surface area contributed by atoms with Gasteiger partial charge in [-0.1, -0.05) is 29.3 Å². The fraction of sp³-hybridized carbons (Fsp3) is 0.0769. The van der Waals surface area contributed by atoms with E-state index in [9.17, 15) is 4.79 Å². The van der Waals surface area contributed by atoms with Gasteiger partial charge in [-0.2, -0.15) is 5.10 Å². The molecular formula is C13H10Cl2N2O. The molecule has 0 radical (unpaired) electrons. The molecule has 1 heterocycles. The summed E-state index contributed by atoms with van der Waals surface area (Å²) in [5.41, 5.74) is 0.855. The molecule has 2 aromatic rings. The molecule has 0 N–H and O–H groups in total. The van der Waals surface area contributed by atoms with Gasteiger partial charge in [0, 0.05) is 23.0 Å². The van der Waals surface area contributed by atoms with E-state index in [-0.39, 0.29) is 5.78 Å². The first-order chi connectivity index (χ1) is 8.63. The van der Waals surface area contributed by atoms with Crippen LogP contribution in [0.3, 0.4) is 0 Å². The summed E-state index contributed by atoms with van der Waals surface area (Å²) >= 11 is 11.8. The standard InChI is InChI=1S/C13H10Cl2N2O/c1-2-12(17-7-3-6-16-17)13(18)10-5-4-9(14)8-11(10)15/h2-8H,1H3/b12-2-. The molecule has 0 atom stereocenters. The van der Waals surface area contributed by atoms with Crippen LogP contribution in [0.1, 0.15) is 17.3 Å². The van der Waals surface area contributed by atoms with Crippen molar-refractivity contribution >= 4 is 34.7 Å². The van der Waals surface area contributed by atoms with Crippen molar-refractivity contribution < 1.29 is 4.79 Å². The van der Waals surface area contributed by atoms with E-state index in [1.165, 1.54) is 4.68 Å². The van der Waals surface area contributed by atoms with Crippen LogP contribution >= 0.6 is 23.2 Å². The topological polar surface area (TPSA) is 34.9 Å². The highest BCUT2D eigenvalue weighted by Crippen LogP contribution is 2.24. The number of hydrogen-bond donors (Lipinski definition) is 0. The summed E-state index contributed by atoms with van der Waals surface area (Å²) in [6, 6.07) is 6.55. The van der Waals surface area contributed by atoms with Crippen molar-refractivity contribution in [1.82, 2.24) is 9.78 Å². The Kier molecular flexibility index (Phi) is 3.84. The maximum Gasteiger partial charge on any atom is 0.212 e. The Labute approximate surface area is 115 Å². The SMILES string of the molecule is C/C=C(/C(=O)c1ccc(Cl)cc1Cl)n1cccn1. The first-order valence-corrected chi connectivity index (χ1v) is 6.05. The second-order valence-electron chi connectivity index (χ2n) is 3.58. The molecule has 0 aliphatic rings. The number of halogens is 2. The lowest BCUT2D eigenvalue weighted by molar-refractivity contribution is 0.105. The Hall–Kier alpha value is -1.58. The number of nitrogens with zero attached hydrogens (tertiary/aromatic N) is 2. The van der Waals surface area contributed by atoms with E-state index in [0.717, 1.165) is 0 Å². The van der Waals surface area contributed by atoms with Crippen LogP contribution in [0.25, 0.3) is 5.70 Å². The minimum Gasteiger partial charge on any atom is -0.287 e. The van der Waals surface area contributed by atoms with Gasteiger partial charge in [0.1, 0.15) is 5.70 Å². The van der Waals surface area contributed by atoms with Gasteiger partial charge >= 0.3 is 0 Å². The van der Waals surface area contributed by atoms with Gasteiger partial charge in [0.2, 0.25) is 5.78 Å². The number of Topliss-reactive ketones (excluding diaryl/α,β-unsaturated/α-hetero) is 1. The molecule has 92 valence electrons. The number of ketones is 1. The summed E-state index contributed by atoms with van der Waals surface area (Å²) in [6.07, 6.45) is 5.01. The second kappa shape index (κ2) is 5.38. The summed E-state index contributed by atoms with van der Waals surface area (Å²) in [4.78, 5) is 12.3. The molecule has 2 rings (SSSR count). The fourth-order valence-corrected chi connectivity index (χ4v) is 2.08. The van der Waals surface area contributed by atoms with Gasteiger partial charge < -0.3 is 0 Å². The Morgan fingerprint density at radius 3 is 2.72 bits per heavy atom. The summed E-state index contributed by atoms with van der Waals surface area (Å²) in [6.45, 7) is 1.78. The number of hydrogen-bond acceptors (Lipinski definition) is 2. The molecule has 3 nitrogen and oxygen atoms in total. The fourth-order valence-electron chi connectivity index (χ4n) is 1.59. The van der Waals surface area contributed by atoms with Crippen molar-refractivity contribution in [1.29, 1.82) is 0 Å². The third-order valence-electron chi connectivity index (χ3n) is 2.43. The van der Waals surface area contributed by atoms with Gasteiger partial charge in [-0.3, -0.25) is 4.79 Å². The highest BCUT2D eigenvalue weighted by Gasteiger charge is 2.16. The van der Waals surface area contributed by atoms with Crippen molar-refractivity contribution in [3.05, 3.63) is 58.3 Å². The number of carbonyl (C=O) groups is 1. The first-order valence-electron chi connectivity index (χ1n) is 5.29. The molecular weight excluding hydrogens is 271 g/mol. The second-order valence-corrected chi connectivity index (χ2v) is 4.42. The highest BCUT2D eigenvalue weighted by molar-refractivity contribution is 6.39. The van der Waals surface area contributed by atoms with Crippen molar-refractivity contribution in [2.75, 3.05) is 0 Å². The molecule has 0 amide bonds. The van der Waals surface area contributed by atoms with Gasteiger partial charge in [0.05, 0.1) is 5.02 Å². The molecule has 18 heavy (non-hydrogen) atoms. The zero-order chi connectivity index (χ0) is 13.1. The van der Waals surface area contributed by atoms with Crippen LogP contribution in [0.2, 0.25) is 10.0 Å². The zero-order valence-electron chi connectivity index (χ0n) is 9.60. The van der Waals surface area contributed by atoms with Crippen LogP contribution in [-0.4, -0.2) is 15.6 Å². The van der Waals surface area contributed by atoms with E-state index in [2.05, 4.69) is 5.10 Å². The highest BCUT2D eigenvalue weighted by atomic mass is 35.5. The van der Waals surface area contributed by atoms with E-state index in [1.54, 1.807) is 49.7 Å². The van der Waals surface area contributed by atoms with Crippen molar-refractivity contribution in [3.8, 4) is 0 Å². The molecule has 0 saturated heterocycles. The molecule has 0 saturated carbocycles. The summed E-state index contributed by atoms with van der Waals surface area (Å²) < 4.78 is 1.51. The normalized spacial score (nSPS) is 11.6. The largest absolute Gasteiger partial charge is 0.287 e. The van der Waals surface area contributed by atoms with Gasteiger partial charge in [-0.05, 0) is 31.2 Å². The van der Waals surface area contributed by atoms with Crippen molar-refractivity contribution in [3.63, 3.8) is 0 Å². The van der Waals surface area contributed by atoms with Gasteiger partial charge in [0.25, 0.3) is 0 Å². The average molecular weight is 281 g/mol. The minimum absolute atomic E-state index is 0.192. The van der Waals surface area contributed by atoms with Gasteiger partial charge in [-0.25, -0.2) is 4.68 Å². The van der Waals surface area contributed by atoms with Gasteiger partial charge in [-0.15, -0.1) is 0 Å². The Balaban J connectivity index is 2.42. The van der Waals surface area contributed by atoms with E-state index in [1.807, 2.05) is 0 Å². The third kappa shape index (κ3) is 2.47. The van der Waals surface area contributed by atoms with E-state index in [0.29, 0.717) is 21.3 Å². The van der Waals surface area contributed by atoms with Crippen LogP contribution in [0.15, 0.2) is 42.7 Å². The number of allylic oxidation sites excluding steroid dienone is 2. The lowest BCUT2D eigenvalue weighted by atomic mass is 10.1. The van der Waals surface area contributed by atoms with Gasteiger partial charge in [0.15, 0.2) is 0 Å². The molecule has 0 fully saturated rings. The number of rotatable bonds is 3. The smallest absolute Gasteiger partial charge is 0.212 e. The maximum atomic E-state index is 12.3. The minimum atomic E-state index is -0.192. The van der Waals surface area contributed by atoms with Crippen LogP contribution in [0.5, 0.6) is 0 Å². The molecule has 0 aliphatic carbocycles. The van der Waals surface area contributed by atoms with E-state index >= 15 is 0 Å². The molecule has 1 aromatic carbocycles. The summed E-state index contributed by atoms with van der Waals surface area (Å²) in [5.74, 6) is -0.192. The van der Waals surface area contributed by atoms with E-state index in [4.69, 9.17) is 23.2 Å².